The fourth-order valence-corrected chi connectivity index (χ4v) is 4.64. The molecule has 104 valence electrons. The number of benzene rings is 1. The van der Waals surface area contributed by atoms with E-state index in [1.54, 1.807) is 0 Å². The first-order valence-electron chi connectivity index (χ1n) is 7.29. The molecule has 2 aliphatic carbocycles. The van der Waals surface area contributed by atoms with E-state index in [2.05, 4.69) is 17.1 Å². The van der Waals surface area contributed by atoms with Gasteiger partial charge in [0, 0.05) is 24.2 Å². The number of ketones is 1. The van der Waals surface area contributed by atoms with Gasteiger partial charge in [-0.25, -0.2) is 0 Å². The molecule has 0 amide bonds. The number of aliphatic hydroxyl groups is 1. The van der Waals surface area contributed by atoms with Crippen LogP contribution in [0.3, 0.4) is 0 Å². The van der Waals surface area contributed by atoms with Gasteiger partial charge in [0.05, 0.1) is 0 Å². The van der Waals surface area contributed by atoms with Crippen molar-refractivity contribution in [2.24, 2.45) is 11.8 Å². The number of para-hydroxylation sites is 1. The van der Waals surface area contributed by atoms with Crippen LogP contribution in [0.1, 0.15) is 25.3 Å². The summed E-state index contributed by atoms with van der Waals surface area (Å²) in [6.07, 6.45) is 6.13. The van der Waals surface area contributed by atoms with Gasteiger partial charge in [-0.3, -0.25) is 4.79 Å². The van der Waals surface area contributed by atoms with Gasteiger partial charge in [-0.2, -0.15) is 0 Å². The van der Waals surface area contributed by atoms with Crippen LogP contribution in [0, 0.1) is 11.8 Å². The highest BCUT2D eigenvalue weighted by atomic mass is 16.3. The lowest BCUT2D eigenvalue weighted by Crippen LogP contribution is -2.58. The van der Waals surface area contributed by atoms with Crippen LogP contribution in [0.15, 0.2) is 36.4 Å². The molecule has 3 heteroatoms. The number of anilines is 1. The van der Waals surface area contributed by atoms with Gasteiger partial charge in [-0.15, -0.1) is 0 Å². The fourth-order valence-electron chi connectivity index (χ4n) is 4.64. The summed E-state index contributed by atoms with van der Waals surface area (Å²) in [4.78, 5) is 15.1. The number of likely N-dealkylation sites (N-methyl/N-ethyl adjacent to an activating group) is 1. The minimum atomic E-state index is -1.35. The maximum Gasteiger partial charge on any atom is 0.195 e. The lowest BCUT2D eigenvalue weighted by molar-refractivity contribution is -0.140. The largest absolute Gasteiger partial charge is 0.376 e. The number of hydrogen-bond donors (Lipinski definition) is 1. The molecule has 1 unspecified atom stereocenters. The maximum absolute atomic E-state index is 13.0. The van der Waals surface area contributed by atoms with E-state index in [-0.39, 0.29) is 17.6 Å². The number of carbonyl (C=O) groups is 1. The number of nitrogens with zero attached hydrogens (tertiary/aromatic N) is 1. The van der Waals surface area contributed by atoms with E-state index in [1.807, 2.05) is 38.2 Å². The molecule has 0 aromatic heterocycles. The molecule has 20 heavy (non-hydrogen) atoms. The summed E-state index contributed by atoms with van der Waals surface area (Å²) in [5.74, 6) is 0.0509. The zero-order chi connectivity index (χ0) is 14.1. The quantitative estimate of drug-likeness (QED) is 0.734. The first kappa shape index (κ1) is 12.2. The Balaban J connectivity index is 2.07. The summed E-state index contributed by atoms with van der Waals surface area (Å²) in [5, 5.41) is 11.3. The van der Waals surface area contributed by atoms with Gasteiger partial charge < -0.3 is 10.0 Å². The predicted octanol–water partition coefficient (Wildman–Crippen LogP) is 2.25. The number of rotatable bonds is 0. The molecule has 3 nitrogen and oxygen atoms in total. The van der Waals surface area contributed by atoms with Gasteiger partial charge in [0.15, 0.2) is 11.4 Å². The lowest BCUT2D eigenvalue weighted by Gasteiger charge is -2.45. The van der Waals surface area contributed by atoms with Gasteiger partial charge >= 0.3 is 0 Å². The van der Waals surface area contributed by atoms with Gasteiger partial charge in [0.1, 0.15) is 5.54 Å². The Morgan fingerprint density at radius 1 is 1.35 bits per heavy atom. The molecule has 1 fully saturated rings. The van der Waals surface area contributed by atoms with E-state index >= 15 is 0 Å². The third kappa shape index (κ3) is 1.06. The monoisotopic (exact) mass is 269 g/mol. The van der Waals surface area contributed by atoms with Crippen molar-refractivity contribution in [2.45, 2.75) is 30.9 Å². The normalized spacial score (nSPS) is 41.5. The molecule has 1 aromatic rings. The van der Waals surface area contributed by atoms with Crippen LogP contribution >= 0.6 is 0 Å². The number of allylic oxidation sites excluding steroid dienone is 1. The third-order valence-corrected chi connectivity index (χ3v) is 5.80. The van der Waals surface area contributed by atoms with E-state index in [0.29, 0.717) is 0 Å². The van der Waals surface area contributed by atoms with Crippen molar-refractivity contribution in [3.05, 3.63) is 42.0 Å². The van der Waals surface area contributed by atoms with E-state index in [0.717, 1.165) is 24.1 Å². The maximum atomic E-state index is 13.0. The summed E-state index contributed by atoms with van der Waals surface area (Å²) >= 11 is 0. The summed E-state index contributed by atoms with van der Waals surface area (Å²) in [6, 6.07) is 7.78. The average Bonchev–Trinajstić information content (AvgIpc) is 2.63. The van der Waals surface area contributed by atoms with Crippen molar-refractivity contribution in [2.75, 3.05) is 11.9 Å². The van der Waals surface area contributed by atoms with E-state index in [9.17, 15) is 9.90 Å². The molecule has 1 aliphatic heterocycles. The first-order valence-corrected chi connectivity index (χ1v) is 7.29. The highest BCUT2D eigenvalue weighted by molar-refractivity contribution is 6.06. The van der Waals surface area contributed by atoms with Gasteiger partial charge in [-0.05, 0) is 31.7 Å². The first-order chi connectivity index (χ1) is 9.52. The van der Waals surface area contributed by atoms with Crippen LogP contribution in [0.25, 0.3) is 0 Å². The fraction of sp³-hybridized carbons (Fsp3) is 0.471. The van der Waals surface area contributed by atoms with Crippen molar-refractivity contribution in [3.8, 4) is 0 Å². The molecule has 0 saturated heterocycles. The van der Waals surface area contributed by atoms with Crippen LogP contribution in [-0.2, 0) is 10.4 Å². The van der Waals surface area contributed by atoms with E-state index in [4.69, 9.17) is 0 Å². The van der Waals surface area contributed by atoms with E-state index in [1.165, 1.54) is 0 Å². The van der Waals surface area contributed by atoms with Gasteiger partial charge in [0.2, 0.25) is 0 Å². The summed E-state index contributed by atoms with van der Waals surface area (Å²) < 4.78 is 0. The van der Waals surface area contributed by atoms with Gasteiger partial charge in [-0.1, -0.05) is 30.4 Å². The Hall–Kier alpha value is -1.61. The molecule has 1 aromatic carbocycles. The van der Waals surface area contributed by atoms with Crippen LogP contribution in [-0.4, -0.2) is 23.5 Å². The molecule has 1 saturated carbocycles. The topological polar surface area (TPSA) is 40.5 Å². The van der Waals surface area contributed by atoms with Crippen LogP contribution in [0.2, 0.25) is 0 Å². The molecule has 1 heterocycles. The van der Waals surface area contributed by atoms with Crippen LogP contribution in [0.5, 0.6) is 0 Å². The molecular weight excluding hydrogens is 250 g/mol. The highest BCUT2D eigenvalue weighted by Gasteiger charge is 2.70. The lowest BCUT2D eigenvalue weighted by atomic mass is 9.76. The average molecular weight is 269 g/mol. The van der Waals surface area contributed by atoms with Crippen LogP contribution in [0.4, 0.5) is 5.69 Å². The molecule has 4 atom stereocenters. The van der Waals surface area contributed by atoms with Crippen LogP contribution < -0.4 is 4.90 Å². The SMILES string of the molecule is CN1c2ccccc2[C@@]2(O)C(=O)C1(C)[C@H]1CCC=C[C@H]12. The van der Waals surface area contributed by atoms with Crippen molar-refractivity contribution in [1.82, 2.24) is 0 Å². The summed E-state index contributed by atoms with van der Waals surface area (Å²) in [7, 11) is 1.98. The molecule has 3 aliphatic rings. The molecule has 0 radical (unpaired) electrons. The standard InChI is InChI=1S/C17H19NO2/c1-16-11-7-3-4-8-12(11)17(20,15(16)19)13-9-5-6-10-14(13)18(16)2/h4-6,8-12,20H,3,7H2,1-2H3/t11-,12+,16?,17+/m0/s1. The third-order valence-electron chi connectivity index (χ3n) is 5.80. The van der Waals surface area contributed by atoms with E-state index < -0.39 is 11.1 Å². The zero-order valence-electron chi connectivity index (χ0n) is 11.8. The number of Topliss-reactive ketones (excluding diaryl/α,β-unsaturated/α-hetero) is 1. The second-order valence-electron chi connectivity index (χ2n) is 6.46. The Morgan fingerprint density at radius 3 is 2.90 bits per heavy atom. The van der Waals surface area contributed by atoms with Gasteiger partial charge in [0.25, 0.3) is 0 Å². The second kappa shape index (κ2) is 3.53. The Kier molecular flexibility index (Phi) is 2.14. The highest BCUT2D eigenvalue weighted by Crippen LogP contribution is 2.60. The van der Waals surface area contributed by atoms with Crippen molar-refractivity contribution < 1.29 is 9.90 Å². The number of hydrogen-bond acceptors (Lipinski definition) is 3. The molecular formula is C17H19NO2. The Labute approximate surface area is 118 Å². The molecule has 2 bridgehead atoms. The minimum Gasteiger partial charge on any atom is -0.376 e. The minimum absolute atomic E-state index is 0.0345. The number of fused-ring (bicyclic) bond motifs is 7. The molecule has 0 spiro atoms. The van der Waals surface area contributed by atoms with Crippen molar-refractivity contribution in [3.63, 3.8) is 0 Å². The van der Waals surface area contributed by atoms with Crippen molar-refractivity contribution in [1.29, 1.82) is 0 Å². The summed E-state index contributed by atoms with van der Waals surface area (Å²) in [6.45, 7) is 2.00. The summed E-state index contributed by atoms with van der Waals surface area (Å²) in [5.41, 5.74) is -0.193. The predicted molar refractivity (Wildman–Crippen MR) is 77.5 cm³/mol. The number of carbonyl (C=O) groups excluding carboxylic acids is 1. The molecule has 1 N–H and O–H groups in total. The zero-order valence-corrected chi connectivity index (χ0v) is 11.8. The molecule has 4 rings (SSSR count). The second-order valence-corrected chi connectivity index (χ2v) is 6.46. The Bertz CT molecular complexity index is 638. The smallest absolute Gasteiger partial charge is 0.195 e. The van der Waals surface area contributed by atoms with Crippen molar-refractivity contribution >= 4 is 11.5 Å². The Morgan fingerprint density at radius 2 is 2.10 bits per heavy atom.